The number of hydrogen-bond acceptors (Lipinski definition) is 4. The van der Waals surface area contributed by atoms with E-state index in [2.05, 4.69) is 52.5 Å². The number of nitrogens with zero attached hydrogens (tertiary/aromatic N) is 3. The highest BCUT2D eigenvalue weighted by Gasteiger charge is 2.14. The van der Waals surface area contributed by atoms with Crippen molar-refractivity contribution in [3.05, 3.63) is 29.3 Å². The monoisotopic (exact) mass is 373 g/mol. The van der Waals surface area contributed by atoms with Crippen molar-refractivity contribution < 1.29 is 4.74 Å². The maximum Gasteiger partial charge on any atom is 0.191 e. The zero-order chi connectivity index (χ0) is 18.9. The molecule has 1 saturated heterocycles. The van der Waals surface area contributed by atoms with Crippen LogP contribution in [0.25, 0.3) is 0 Å². The first kappa shape index (κ1) is 20.0. The van der Waals surface area contributed by atoms with Crippen LogP contribution in [-0.4, -0.2) is 81.3 Å². The van der Waals surface area contributed by atoms with E-state index in [9.17, 15) is 0 Å². The largest absolute Gasteiger partial charge is 0.493 e. The quantitative estimate of drug-likeness (QED) is 0.532. The number of benzene rings is 1. The molecule has 6 nitrogen and oxygen atoms in total. The lowest BCUT2D eigenvalue weighted by atomic mass is 10.1. The minimum Gasteiger partial charge on any atom is -0.493 e. The van der Waals surface area contributed by atoms with Crippen molar-refractivity contribution in [3.8, 4) is 5.75 Å². The van der Waals surface area contributed by atoms with Gasteiger partial charge in [-0.15, -0.1) is 0 Å². The van der Waals surface area contributed by atoms with E-state index in [1.807, 2.05) is 0 Å². The van der Waals surface area contributed by atoms with Crippen LogP contribution in [0, 0.1) is 0 Å². The number of piperazine rings is 1. The van der Waals surface area contributed by atoms with Gasteiger partial charge in [0.1, 0.15) is 5.75 Å². The van der Waals surface area contributed by atoms with Crippen LogP contribution in [0.3, 0.4) is 0 Å². The fraction of sp³-hybridized carbons (Fsp3) is 0.667. The Hall–Kier alpha value is -1.79. The SMILES string of the molecule is CCNC(=NCCN1CCN(CC)CC1)NCCc1ccc2c(c1)CCO2. The Kier molecular flexibility index (Phi) is 7.78. The van der Waals surface area contributed by atoms with Crippen molar-refractivity contribution in [1.29, 1.82) is 0 Å². The standard InChI is InChI=1S/C21H35N5O/c1-3-22-21(24-10-11-26-14-12-25(4-2)13-15-26)23-9-7-18-5-6-20-19(17-18)8-16-27-20/h5-6,17H,3-4,7-16H2,1-2H3,(H2,22,23,24). The lowest BCUT2D eigenvalue weighted by Gasteiger charge is -2.33. The molecule has 0 saturated carbocycles. The summed E-state index contributed by atoms with van der Waals surface area (Å²) in [6.07, 6.45) is 2.03. The van der Waals surface area contributed by atoms with E-state index < -0.39 is 0 Å². The maximum atomic E-state index is 5.58. The predicted molar refractivity (Wildman–Crippen MR) is 112 cm³/mol. The molecule has 0 unspecified atom stereocenters. The summed E-state index contributed by atoms with van der Waals surface area (Å²) in [4.78, 5) is 9.79. The zero-order valence-corrected chi connectivity index (χ0v) is 17.0. The van der Waals surface area contributed by atoms with Crippen molar-refractivity contribution in [2.75, 3.05) is 65.5 Å². The van der Waals surface area contributed by atoms with E-state index in [-0.39, 0.29) is 0 Å². The van der Waals surface area contributed by atoms with Crippen molar-refractivity contribution in [3.63, 3.8) is 0 Å². The molecule has 0 amide bonds. The smallest absolute Gasteiger partial charge is 0.191 e. The molecule has 2 aliphatic rings. The Morgan fingerprint density at radius 1 is 1.11 bits per heavy atom. The third-order valence-corrected chi connectivity index (χ3v) is 5.40. The Morgan fingerprint density at radius 3 is 2.70 bits per heavy atom. The summed E-state index contributed by atoms with van der Waals surface area (Å²) >= 11 is 0. The Bertz CT molecular complexity index is 611. The van der Waals surface area contributed by atoms with Gasteiger partial charge in [-0.25, -0.2) is 0 Å². The summed E-state index contributed by atoms with van der Waals surface area (Å²) in [6, 6.07) is 6.56. The van der Waals surface area contributed by atoms with Crippen molar-refractivity contribution in [1.82, 2.24) is 20.4 Å². The molecular weight excluding hydrogens is 338 g/mol. The van der Waals surface area contributed by atoms with Gasteiger partial charge >= 0.3 is 0 Å². The average Bonchev–Trinajstić information content (AvgIpc) is 3.16. The fourth-order valence-electron chi connectivity index (χ4n) is 3.69. The second-order valence-electron chi connectivity index (χ2n) is 7.25. The van der Waals surface area contributed by atoms with Crippen LogP contribution in [0.5, 0.6) is 5.75 Å². The lowest BCUT2D eigenvalue weighted by molar-refractivity contribution is 0.140. The average molecular weight is 374 g/mol. The summed E-state index contributed by atoms with van der Waals surface area (Å²) in [5.74, 6) is 1.98. The molecule has 0 aliphatic carbocycles. The number of likely N-dealkylation sites (N-methyl/N-ethyl adjacent to an activating group) is 1. The zero-order valence-electron chi connectivity index (χ0n) is 17.0. The van der Waals surface area contributed by atoms with Crippen LogP contribution in [0.15, 0.2) is 23.2 Å². The lowest BCUT2D eigenvalue weighted by Crippen LogP contribution is -2.47. The van der Waals surface area contributed by atoms with E-state index in [1.165, 1.54) is 24.2 Å². The number of ether oxygens (including phenoxy) is 1. The highest BCUT2D eigenvalue weighted by Crippen LogP contribution is 2.25. The van der Waals surface area contributed by atoms with Crippen molar-refractivity contribution >= 4 is 5.96 Å². The van der Waals surface area contributed by atoms with Gasteiger partial charge < -0.3 is 20.3 Å². The molecule has 0 aromatic heterocycles. The number of guanidine groups is 1. The van der Waals surface area contributed by atoms with Crippen LogP contribution in [0.1, 0.15) is 25.0 Å². The molecule has 1 aromatic carbocycles. The highest BCUT2D eigenvalue weighted by molar-refractivity contribution is 5.79. The molecule has 6 heteroatoms. The fourth-order valence-corrected chi connectivity index (χ4v) is 3.69. The van der Waals surface area contributed by atoms with Gasteiger partial charge in [-0.2, -0.15) is 0 Å². The Morgan fingerprint density at radius 2 is 1.93 bits per heavy atom. The van der Waals surface area contributed by atoms with Gasteiger partial charge in [0.05, 0.1) is 13.2 Å². The molecule has 3 rings (SSSR count). The molecule has 0 bridgehead atoms. The van der Waals surface area contributed by atoms with Crippen LogP contribution >= 0.6 is 0 Å². The van der Waals surface area contributed by atoms with Crippen molar-refractivity contribution in [2.45, 2.75) is 26.7 Å². The van der Waals surface area contributed by atoms with E-state index in [1.54, 1.807) is 0 Å². The van der Waals surface area contributed by atoms with Gasteiger partial charge in [0.15, 0.2) is 5.96 Å². The number of aliphatic imine (C=N–C) groups is 1. The molecule has 27 heavy (non-hydrogen) atoms. The third kappa shape index (κ3) is 6.11. The van der Waals surface area contributed by atoms with Crippen LogP contribution < -0.4 is 15.4 Å². The van der Waals surface area contributed by atoms with Gasteiger partial charge in [-0.3, -0.25) is 9.89 Å². The number of rotatable bonds is 8. The molecule has 0 spiro atoms. The number of nitrogens with one attached hydrogen (secondary N) is 2. The number of hydrogen-bond donors (Lipinski definition) is 2. The molecule has 2 N–H and O–H groups in total. The van der Waals surface area contributed by atoms with Gasteiger partial charge in [-0.05, 0) is 37.1 Å². The summed E-state index contributed by atoms with van der Waals surface area (Å²) in [7, 11) is 0. The Balaban J connectivity index is 1.39. The summed E-state index contributed by atoms with van der Waals surface area (Å²) in [5, 5.41) is 6.83. The first-order valence-corrected chi connectivity index (χ1v) is 10.5. The first-order valence-electron chi connectivity index (χ1n) is 10.5. The van der Waals surface area contributed by atoms with E-state index in [0.717, 1.165) is 77.0 Å². The normalized spacial score (nSPS) is 18.2. The minimum atomic E-state index is 0.821. The summed E-state index contributed by atoms with van der Waals surface area (Å²) < 4.78 is 5.58. The van der Waals surface area contributed by atoms with E-state index in [0.29, 0.717) is 0 Å². The summed E-state index contributed by atoms with van der Waals surface area (Å²) in [5.41, 5.74) is 2.70. The molecule has 2 heterocycles. The molecule has 0 radical (unpaired) electrons. The predicted octanol–water partition coefficient (Wildman–Crippen LogP) is 1.36. The molecule has 2 aliphatic heterocycles. The summed E-state index contributed by atoms with van der Waals surface area (Å²) in [6.45, 7) is 14.7. The highest BCUT2D eigenvalue weighted by atomic mass is 16.5. The third-order valence-electron chi connectivity index (χ3n) is 5.40. The topological polar surface area (TPSA) is 52.1 Å². The number of fused-ring (bicyclic) bond motifs is 1. The van der Waals surface area contributed by atoms with Crippen LogP contribution in [-0.2, 0) is 12.8 Å². The van der Waals surface area contributed by atoms with Gasteiger partial charge in [0, 0.05) is 52.2 Å². The second kappa shape index (κ2) is 10.5. The molecule has 150 valence electrons. The first-order chi connectivity index (χ1) is 13.3. The Labute approximate surface area is 164 Å². The maximum absolute atomic E-state index is 5.58. The van der Waals surface area contributed by atoms with E-state index >= 15 is 0 Å². The second-order valence-corrected chi connectivity index (χ2v) is 7.25. The minimum absolute atomic E-state index is 0.821. The van der Waals surface area contributed by atoms with Crippen LogP contribution in [0.2, 0.25) is 0 Å². The molecule has 1 aromatic rings. The van der Waals surface area contributed by atoms with Gasteiger partial charge in [-0.1, -0.05) is 19.1 Å². The molecule has 0 atom stereocenters. The van der Waals surface area contributed by atoms with E-state index in [4.69, 9.17) is 9.73 Å². The van der Waals surface area contributed by atoms with Gasteiger partial charge in [0.25, 0.3) is 0 Å². The molecular formula is C21H35N5O. The van der Waals surface area contributed by atoms with Gasteiger partial charge in [0.2, 0.25) is 0 Å². The van der Waals surface area contributed by atoms with Crippen molar-refractivity contribution in [2.24, 2.45) is 4.99 Å². The molecule has 1 fully saturated rings. The van der Waals surface area contributed by atoms with Crippen LogP contribution in [0.4, 0.5) is 0 Å².